The van der Waals surface area contributed by atoms with Gasteiger partial charge < -0.3 is 19.3 Å². The molecular formula is C45H27F4IrN8-3. The quantitative estimate of drug-likeness (QED) is 0.0996. The normalized spacial score (nSPS) is 10.6. The van der Waals surface area contributed by atoms with Crippen LogP contribution in [0.25, 0.3) is 56.2 Å². The molecule has 0 saturated carbocycles. The third kappa shape index (κ3) is 8.66. The molecule has 0 atom stereocenters. The Bertz CT molecular complexity index is 2610. The first kappa shape index (κ1) is 39.2. The number of para-hydroxylation sites is 4. The Labute approximate surface area is 343 Å². The van der Waals surface area contributed by atoms with E-state index in [9.17, 15) is 17.6 Å². The van der Waals surface area contributed by atoms with Crippen LogP contribution in [0, 0.1) is 48.1 Å². The van der Waals surface area contributed by atoms with Gasteiger partial charge in [0.25, 0.3) is 12.7 Å². The summed E-state index contributed by atoms with van der Waals surface area (Å²) in [6, 6.07) is 47.9. The molecule has 0 aliphatic carbocycles. The number of aromatic nitrogens is 8. The van der Waals surface area contributed by atoms with E-state index in [2.05, 4.69) is 45.2 Å². The molecule has 10 rings (SSSR count). The third-order valence-corrected chi connectivity index (χ3v) is 8.55. The van der Waals surface area contributed by atoms with Crippen molar-refractivity contribution in [3.63, 3.8) is 0 Å². The summed E-state index contributed by atoms with van der Waals surface area (Å²) < 4.78 is 61.1. The van der Waals surface area contributed by atoms with Crippen molar-refractivity contribution in [3.05, 3.63) is 212 Å². The summed E-state index contributed by atoms with van der Waals surface area (Å²) >= 11 is 0. The van der Waals surface area contributed by atoms with Gasteiger partial charge in [-0.1, -0.05) is 72.9 Å². The van der Waals surface area contributed by atoms with E-state index in [-0.39, 0.29) is 43.4 Å². The van der Waals surface area contributed by atoms with Crippen molar-refractivity contribution in [2.24, 2.45) is 0 Å². The summed E-state index contributed by atoms with van der Waals surface area (Å²) in [5.41, 5.74) is 7.24. The summed E-state index contributed by atoms with van der Waals surface area (Å²) in [5.74, 6) is -1.33. The van der Waals surface area contributed by atoms with Gasteiger partial charge in [-0.3, -0.25) is 19.3 Å². The Morgan fingerprint density at radius 3 is 1.48 bits per heavy atom. The van der Waals surface area contributed by atoms with Crippen molar-refractivity contribution in [2.45, 2.75) is 0 Å². The summed E-state index contributed by atoms with van der Waals surface area (Å²) in [7, 11) is 0. The summed E-state index contributed by atoms with van der Waals surface area (Å²) in [6.45, 7) is 0. The van der Waals surface area contributed by atoms with Crippen LogP contribution in [0.5, 0.6) is 0 Å². The standard InChI is InChI=1S/2C19H11F2N2.C7H5N4.Ir/c2*20-14-5-3-7-16(11-14)22-13-23(17-8-4-6-15(21)12-17)19-10-2-1-9-18(19)22;1-2-4-8-6(3-1)7-5-9-11-10-7;/h2*1-7,9-12H;1-5H;/q3*-1;. The number of halogens is 4. The minimum Gasteiger partial charge on any atom is -0.358 e. The van der Waals surface area contributed by atoms with E-state index in [1.165, 1.54) is 60.7 Å². The van der Waals surface area contributed by atoms with E-state index in [4.69, 9.17) is 0 Å². The number of pyridine rings is 1. The molecule has 4 aromatic heterocycles. The molecule has 0 fully saturated rings. The molecule has 13 heteroatoms. The predicted molar refractivity (Wildman–Crippen MR) is 203 cm³/mol. The molecule has 6 aromatic carbocycles. The van der Waals surface area contributed by atoms with Crippen LogP contribution in [0.1, 0.15) is 0 Å². The first-order valence-electron chi connectivity index (χ1n) is 17.4. The zero-order valence-electron chi connectivity index (χ0n) is 30.0. The van der Waals surface area contributed by atoms with Gasteiger partial charge in [0.05, 0.1) is 39.1 Å². The second-order valence-electron chi connectivity index (χ2n) is 12.3. The molecule has 1 radical (unpaired) electrons. The van der Waals surface area contributed by atoms with Gasteiger partial charge in [-0.25, -0.2) is 17.6 Å². The van der Waals surface area contributed by atoms with Gasteiger partial charge in [0.1, 0.15) is 11.6 Å². The maximum atomic E-state index is 13.5. The van der Waals surface area contributed by atoms with E-state index in [0.717, 1.165) is 27.8 Å². The number of rotatable bonds is 5. The average Bonchev–Trinajstić information content (AvgIpc) is 4.01. The van der Waals surface area contributed by atoms with Gasteiger partial charge >= 0.3 is 0 Å². The molecule has 0 N–H and O–H groups in total. The largest absolute Gasteiger partial charge is 0.358 e. The van der Waals surface area contributed by atoms with Gasteiger partial charge in [-0.2, -0.15) is 24.3 Å². The van der Waals surface area contributed by atoms with Crippen molar-refractivity contribution >= 4 is 22.1 Å². The molecule has 4 heterocycles. The number of hydrogen-bond acceptors (Lipinski definition) is 3. The molecule has 0 amide bonds. The van der Waals surface area contributed by atoms with Crippen LogP contribution < -0.4 is 14.2 Å². The fourth-order valence-corrected chi connectivity index (χ4v) is 6.02. The Hall–Kier alpha value is -7.08. The van der Waals surface area contributed by atoms with E-state index in [1.807, 2.05) is 66.7 Å². The van der Waals surface area contributed by atoms with Crippen LogP contribution in [0.15, 0.2) is 164 Å². The maximum Gasteiger partial charge on any atom is 0.268 e. The van der Waals surface area contributed by atoms with Crippen LogP contribution >= 0.6 is 0 Å². The monoisotopic (exact) mass is 948 g/mol. The topological polar surface area (TPSA) is 70.4 Å². The van der Waals surface area contributed by atoms with Crippen LogP contribution in [-0.4, -0.2) is 24.4 Å². The Morgan fingerprint density at radius 2 is 1.03 bits per heavy atom. The van der Waals surface area contributed by atoms with Crippen molar-refractivity contribution in [2.75, 3.05) is 0 Å². The molecule has 0 unspecified atom stereocenters. The first-order chi connectivity index (χ1) is 27.9. The van der Waals surface area contributed by atoms with Crippen molar-refractivity contribution in [1.29, 1.82) is 0 Å². The minimum absolute atomic E-state index is 0. The molecule has 0 spiro atoms. The van der Waals surface area contributed by atoms with Crippen molar-refractivity contribution in [3.8, 4) is 34.1 Å². The fraction of sp³-hybridized carbons (Fsp3) is 0. The molecule has 0 bridgehead atoms. The van der Waals surface area contributed by atoms with Crippen LogP contribution in [0.4, 0.5) is 17.6 Å². The fourth-order valence-electron chi connectivity index (χ4n) is 6.02. The van der Waals surface area contributed by atoms with Crippen molar-refractivity contribution in [1.82, 2.24) is 29.5 Å². The molecule has 0 aliphatic heterocycles. The second kappa shape index (κ2) is 17.8. The van der Waals surface area contributed by atoms with E-state index in [0.29, 0.717) is 28.4 Å². The second-order valence-corrected chi connectivity index (χ2v) is 12.3. The number of hydrogen-bond donors (Lipinski definition) is 0. The minimum atomic E-state index is -0.345. The van der Waals surface area contributed by atoms with Crippen LogP contribution in [0.2, 0.25) is 0 Å². The third-order valence-electron chi connectivity index (χ3n) is 8.55. The summed E-state index contributed by atoms with van der Waals surface area (Å²) in [4.78, 5) is 4.08. The molecule has 0 saturated heterocycles. The smallest absolute Gasteiger partial charge is 0.268 e. The maximum absolute atomic E-state index is 13.5. The van der Waals surface area contributed by atoms with Gasteiger partial charge in [0.15, 0.2) is 0 Å². The zero-order chi connectivity index (χ0) is 39.1. The molecule has 10 aromatic rings. The SMILES string of the molecule is Fc1cc[c-]c(-n2[c-][n+](-c3cccc(F)c3)c3ccccc32)c1.Fc1cc[c-]c(-n2[c-][n+](-c3cccc(F)c3)c3ccccc32)c1.[Ir].c1ccc(-c2cnn[n-]2)nc1. The van der Waals surface area contributed by atoms with E-state index < -0.39 is 0 Å². The van der Waals surface area contributed by atoms with Gasteiger partial charge in [-0.15, -0.1) is 24.3 Å². The van der Waals surface area contributed by atoms with Gasteiger partial charge in [0.2, 0.25) is 0 Å². The summed E-state index contributed by atoms with van der Waals surface area (Å²) in [5, 5.41) is 10.8. The molecule has 0 aliphatic rings. The number of fused-ring (bicyclic) bond motifs is 2. The first-order valence-corrected chi connectivity index (χ1v) is 17.4. The molecule has 8 nitrogen and oxygen atoms in total. The Morgan fingerprint density at radius 1 is 0.534 bits per heavy atom. The number of nitrogens with zero attached hydrogens (tertiary/aromatic N) is 8. The summed E-state index contributed by atoms with van der Waals surface area (Å²) in [6.07, 6.45) is 9.59. The van der Waals surface area contributed by atoms with Crippen LogP contribution in [0.3, 0.4) is 0 Å². The Kier molecular flexibility index (Phi) is 12.0. The van der Waals surface area contributed by atoms with Crippen LogP contribution in [-0.2, 0) is 20.1 Å². The number of benzene rings is 6. The zero-order valence-corrected chi connectivity index (χ0v) is 32.4. The van der Waals surface area contributed by atoms with Gasteiger partial charge in [-0.05, 0) is 65.6 Å². The molecule has 287 valence electrons. The average molecular weight is 948 g/mol. The van der Waals surface area contributed by atoms with E-state index >= 15 is 0 Å². The predicted octanol–water partition coefficient (Wildman–Crippen LogP) is 8.06. The Balaban J connectivity index is 0.000000139. The van der Waals surface area contributed by atoms with Crippen molar-refractivity contribution < 1.29 is 46.8 Å². The number of imidazole rings is 2. The van der Waals surface area contributed by atoms with E-state index in [1.54, 1.807) is 54.9 Å². The molecule has 58 heavy (non-hydrogen) atoms. The van der Waals surface area contributed by atoms with Gasteiger partial charge in [0, 0.05) is 37.9 Å². The molecular weight excluding hydrogens is 921 g/mol.